The molecule has 0 atom stereocenters. The van der Waals surface area contributed by atoms with Gasteiger partial charge in [-0.25, -0.2) is 0 Å². The van der Waals surface area contributed by atoms with Crippen LogP contribution < -0.4 is 0 Å². The summed E-state index contributed by atoms with van der Waals surface area (Å²) >= 11 is 0. The highest BCUT2D eigenvalue weighted by Crippen LogP contribution is 2.67. The Hall–Kier alpha value is -10.7. The molecule has 0 aliphatic heterocycles. The fraction of sp³-hybridized carbons (Fsp3) is 0.0238. The highest BCUT2D eigenvalue weighted by molar-refractivity contribution is 5.96. The molecule has 0 radical (unpaired) electrons. The topological polar surface area (TPSA) is 0 Å². The van der Waals surface area contributed by atoms with Crippen LogP contribution in [0.5, 0.6) is 0 Å². The Bertz CT molecular complexity index is 4390. The summed E-state index contributed by atoms with van der Waals surface area (Å²) in [4.78, 5) is 0. The maximum Gasteiger partial charge on any atom is 0.0720 e. The SMILES string of the molecule is C(=C(c1ccccc1)c1ccccc1)c1ccc(-c2cc(-c3ccc(C=C(c4ccccc4)c4ccccc4)cc3)cc(-c3ccc4c(c3)C3(c5ccccc5-c5ccccc53)c3ccccc3C43c4ccccc4-c4ccccc43)c2)cc1. The molecule has 3 aliphatic carbocycles. The minimum absolute atomic E-state index is 0.559. The van der Waals surface area contributed by atoms with E-state index in [0.29, 0.717) is 0 Å². The minimum Gasteiger partial charge on any atom is -0.0622 e. The van der Waals surface area contributed by atoms with Crippen LogP contribution in [0.3, 0.4) is 0 Å². The third-order valence-corrected chi connectivity index (χ3v) is 18.2. The van der Waals surface area contributed by atoms with Gasteiger partial charge in [0.25, 0.3) is 0 Å². The molecule has 0 bridgehead atoms. The lowest BCUT2D eigenvalue weighted by molar-refractivity contribution is 0.633. The third-order valence-electron chi connectivity index (χ3n) is 18.2. The Morgan fingerprint density at radius 1 is 0.190 bits per heavy atom. The lowest BCUT2D eigenvalue weighted by Gasteiger charge is -2.49. The Kier molecular flexibility index (Phi) is 11.8. The van der Waals surface area contributed by atoms with Crippen molar-refractivity contribution in [2.24, 2.45) is 0 Å². The second-order valence-corrected chi connectivity index (χ2v) is 22.6. The molecule has 0 saturated heterocycles. The molecule has 84 heavy (non-hydrogen) atoms. The molecule has 0 saturated carbocycles. The van der Waals surface area contributed by atoms with Gasteiger partial charge in [0.1, 0.15) is 0 Å². The van der Waals surface area contributed by atoms with Gasteiger partial charge in [0.15, 0.2) is 0 Å². The maximum atomic E-state index is 2.59. The second-order valence-electron chi connectivity index (χ2n) is 22.6. The van der Waals surface area contributed by atoms with Crippen molar-refractivity contribution in [2.45, 2.75) is 10.8 Å². The zero-order valence-electron chi connectivity index (χ0n) is 46.3. The monoisotopic (exact) mass is 1060 g/mol. The molecule has 392 valence electrons. The number of fused-ring (bicyclic) bond motifs is 16. The third kappa shape index (κ3) is 7.76. The summed E-state index contributed by atoms with van der Waals surface area (Å²) in [6.07, 6.45) is 4.64. The fourth-order valence-corrected chi connectivity index (χ4v) is 14.6. The van der Waals surface area contributed by atoms with Gasteiger partial charge in [-0.1, -0.05) is 303 Å². The normalized spacial score (nSPS) is 13.2. The Balaban J connectivity index is 0.909. The molecule has 0 heteroatoms. The van der Waals surface area contributed by atoms with E-state index in [1.165, 1.54) is 111 Å². The lowest BCUT2D eigenvalue weighted by Crippen LogP contribution is -2.43. The van der Waals surface area contributed by atoms with Gasteiger partial charge in [0, 0.05) is 0 Å². The second kappa shape index (κ2) is 20.1. The van der Waals surface area contributed by atoms with Crippen molar-refractivity contribution < 1.29 is 0 Å². The summed E-state index contributed by atoms with van der Waals surface area (Å²) in [5, 5.41) is 0. The van der Waals surface area contributed by atoms with Crippen LogP contribution in [0.2, 0.25) is 0 Å². The van der Waals surface area contributed by atoms with Crippen LogP contribution >= 0.6 is 0 Å². The number of hydrogen-bond acceptors (Lipinski definition) is 0. The lowest BCUT2D eigenvalue weighted by atomic mass is 9.52. The van der Waals surface area contributed by atoms with Gasteiger partial charge in [0.05, 0.1) is 10.8 Å². The van der Waals surface area contributed by atoms with Crippen molar-refractivity contribution in [3.05, 3.63) is 405 Å². The molecule has 0 unspecified atom stereocenters. The summed E-state index contributed by atoms with van der Waals surface area (Å²) in [5.74, 6) is 0. The van der Waals surface area contributed by atoms with Gasteiger partial charge >= 0.3 is 0 Å². The standard InChI is InChI=1S/C84H56/c1-5-23-61(24-6-1)73(62-25-7-2-8-26-62)51-57-41-45-59(46-42-57)66-53-67(60-47-43-58(44-48-60)52-74(63-27-9-3-10-28-63)64-29-11-4-12-30-64)55-68(54-66)65-49-50-81-82(56-65)84(77-37-19-15-33-71(77)72-34-16-20-38-78(72)84)80-40-22-21-39-79(80)83(81)75-35-17-13-31-69(75)70-32-14-18-36-76(70)83/h1-56H. The molecule has 2 spiro atoms. The van der Waals surface area contributed by atoms with Crippen LogP contribution in [0.1, 0.15) is 77.9 Å². The van der Waals surface area contributed by atoms with Crippen LogP contribution in [-0.4, -0.2) is 0 Å². The van der Waals surface area contributed by atoms with Gasteiger partial charge in [-0.15, -0.1) is 0 Å². The Morgan fingerprint density at radius 3 is 0.798 bits per heavy atom. The smallest absolute Gasteiger partial charge is 0.0622 e. The van der Waals surface area contributed by atoms with E-state index in [1.54, 1.807) is 0 Å². The van der Waals surface area contributed by atoms with E-state index < -0.39 is 10.8 Å². The molecule has 3 aliphatic rings. The molecule has 16 rings (SSSR count). The number of rotatable bonds is 9. The van der Waals surface area contributed by atoms with Gasteiger partial charge in [-0.3, -0.25) is 0 Å². The van der Waals surface area contributed by atoms with Crippen molar-refractivity contribution in [3.63, 3.8) is 0 Å². The summed E-state index contributed by atoms with van der Waals surface area (Å²) in [5.41, 5.74) is 31.1. The van der Waals surface area contributed by atoms with Gasteiger partial charge < -0.3 is 0 Å². The van der Waals surface area contributed by atoms with Crippen LogP contribution in [0, 0.1) is 0 Å². The van der Waals surface area contributed by atoms with E-state index in [4.69, 9.17) is 0 Å². The Labute approximate surface area is 492 Å². The molecular weight excluding hydrogens is 1010 g/mol. The predicted molar refractivity (Wildman–Crippen MR) is 351 cm³/mol. The maximum absolute atomic E-state index is 2.59. The summed E-state index contributed by atoms with van der Waals surface area (Å²) < 4.78 is 0. The van der Waals surface area contributed by atoms with Crippen molar-refractivity contribution in [1.82, 2.24) is 0 Å². The van der Waals surface area contributed by atoms with Crippen molar-refractivity contribution in [3.8, 4) is 55.6 Å². The molecule has 0 amide bonds. The van der Waals surface area contributed by atoms with Crippen molar-refractivity contribution in [1.29, 1.82) is 0 Å². The first kappa shape index (κ1) is 49.2. The van der Waals surface area contributed by atoms with E-state index in [9.17, 15) is 0 Å². The van der Waals surface area contributed by atoms with E-state index in [2.05, 4.69) is 340 Å². The molecule has 13 aromatic carbocycles. The minimum atomic E-state index is -0.601. The van der Waals surface area contributed by atoms with E-state index in [0.717, 1.165) is 33.4 Å². The number of hydrogen-bond donors (Lipinski definition) is 0. The molecule has 0 nitrogen and oxygen atoms in total. The van der Waals surface area contributed by atoms with Crippen LogP contribution in [0.25, 0.3) is 78.9 Å². The largest absolute Gasteiger partial charge is 0.0720 e. The quantitative estimate of drug-likeness (QED) is 0.126. The fourth-order valence-electron chi connectivity index (χ4n) is 14.6. The van der Waals surface area contributed by atoms with Crippen molar-refractivity contribution in [2.75, 3.05) is 0 Å². The average molecular weight is 1070 g/mol. The van der Waals surface area contributed by atoms with Gasteiger partial charge in [-0.05, 0) is 181 Å². The highest BCUT2D eigenvalue weighted by Gasteiger charge is 2.59. The van der Waals surface area contributed by atoms with Crippen LogP contribution in [0.4, 0.5) is 0 Å². The summed E-state index contributed by atoms with van der Waals surface area (Å²) in [6, 6.07) is 122. The first-order chi connectivity index (χ1) is 41.6. The number of benzene rings is 13. The zero-order valence-corrected chi connectivity index (χ0v) is 46.3. The van der Waals surface area contributed by atoms with Gasteiger partial charge in [0.2, 0.25) is 0 Å². The molecular formula is C84H56. The zero-order chi connectivity index (χ0) is 55.6. The molecule has 13 aromatic rings. The predicted octanol–water partition coefficient (Wildman–Crippen LogP) is 20.9. The van der Waals surface area contributed by atoms with E-state index in [1.807, 2.05) is 0 Å². The van der Waals surface area contributed by atoms with Crippen LogP contribution in [0.15, 0.2) is 328 Å². The molecule has 0 fully saturated rings. The molecule has 0 heterocycles. The summed E-state index contributed by atoms with van der Waals surface area (Å²) in [6.45, 7) is 0. The van der Waals surface area contributed by atoms with Crippen LogP contribution in [-0.2, 0) is 10.8 Å². The first-order valence-electron chi connectivity index (χ1n) is 29.3. The Morgan fingerprint density at radius 2 is 0.452 bits per heavy atom. The van der Waals surface area contributed by atoms with E-state index in [-0.39, 0.29) is 0 Å². The first-order valence-corrected chi connectivity index (χ1v) is 29.3. The summed E-state index contributed by atoms with van der Waals surface area (Å²) in [7, 11) is 0. The van der Waals surface area contributed by atoms with Gasteiger partial charge in [-0.2, -0.15) is 0 Å². The average Bonchev–Trinajstić information content (AvgIpc) is 1.48. The highest BCUT2D eigenvalue weighted by atomic mass is 14.6. The van der Waals surface area contributed by atoms with E-state index >= 15 is 0 Å². The van der Waals surface area contributed by atoms with Crippen molar-refractivity contribution >= 4 is 23.3 Å². The molecule has 0 aromatic heterocycles. The molecule has 0 N–H and O–H groups in total.